The second-order valence-electron chi connectivity index (χ2n) is 5.35. The lowest BCUT2D eigenvalue weighted by atomic mass is 10.0. The Balaban J connectivity index is 2.04. The third-order valence-corrected chi connectivity index (χ3v) is 4.33. The standard InChI is InChI=1S/C16H19NO5S/c1-2-3-9-14-12-15(18)17(16(14)19)22-23(20,21)11-10-13-7-5-4-6-8-13/h4-8,10-11,14H,2-3,9,12H2,1H3/b11-10+. The van der Waals surface area contributed by atoms with E-state index in [-0.39, 0.29) is 6.42 Å². The Labute approximate surface area is 135 Å². The second-order valence-corrected chi connectivity index (χ2v) is 6.76. The van der Waals surface area contributed by atoms with Gasteiger partial charge in [-0.15, -0.1) is 9.35 Å². The number of rotatable bonds is 7. The highest BCUT2D eigenvalue weighted by molar-refractivity contribution is 7.89. The van der Waals surface area contributed by atoms with E-state index >= 15 is 0 Å². The first-order valence-electron chi connectivity index (χ1n) is 7.47. The molecule has 1 aromatic rings. The molecule has 1 aromatic carbocycles. The topological polar surface area (TPSA) is 80.8 Å². The maximum atomic E-state index is 12.1. The fraction of sp³-hybridized carbons (Fsp3) is 0.375. The molecular weight excluding hydrogens is 318 g/mol. The minimum atomic E-state index is -4.17. The lowest BCUT2D eigenvalue weighted by molar-refractivity contribution is -0.164. The van der Waals surface area contributed by atoms with E-state index < -0.39 is 27.9 Å². The summed E-state index contributed by atoms with van der Waals surface area (Å²) >= 11 is 0. The van der Waals surface area contributed by atoms with E-state index in [4.69, 9.17) is 0 Å². The molecule has 1 saturated heterocycles. The lowest BCUT2D eigenvalue weighted by Crippen LogP contribution is -2.32. The summed E-state index contributed by atoms with van der Waals surface area (Å²) in [5.41, 5.74) is 0.666. The van der Waals surface area contributed by atoms with Crippen LogP contribution in [0.2, 0.25) is 0 Å². The second kappa shape index (κ2) is 7.52. The quantitative estimate of drug-likeness (QED) is 0.714. The summed E-state index contributed by atoms with van der Waals surface area (Å²) in [6.07, 6.45) is 3.60. The number of imide groups is 1. The van der Waals surface area contributed by atoms with Crippen molar-refractivity contribution in [1.29, 1.82) is 0 Å². The zero-order chi connectivity index (χ0) is 16.9. The third kappa shape index (κ3) is 4.74. The van der Waals surface area contributed by atoms with Crippen LogP contribution >= 0.6 is 0 Å². The highest BCUT2D eigenvalue weighted by Gasteiger charge is 2.41. The van der Waals surface area contributed by atoms with E-state index in [0.29, 0.717) is 17.0 Å². The number of amides is 2. The van der Waals surface area contributed by atoms with Gasteiger partial charge >= 0.3 is 10.1 Å². The van der Waals surface area contributed by atoms with Crippen molar-refractivity contribution >= 4 is 28.0 Å². The zero-order valence-corrected chi connectivity index (χ0v) is 13.7. The summed E-state index contributed by atoms with van der Waals surface area (Å²) in [5, 5.41) is 1.22. The molecule has 0 saturated carbocycles. The summed E-state index contributed by atoms with van der Waals surface area (Å²) in [6.45, 7) is 1.98. The van der Waals surface area contributed by atoms with Crippen molar-refractivity contribution in [3.63, 3.8) is 0 Å². The molecule has 1 heterocycles. The molecule has 6 nitrogen and oxygen atoms in total. The van der Waals surface area contributed by atoms with Crippen molar-refractivity contribution in [2.45, 2.75) is 32.6 Å². The molecule has 0 N–H and O–H groups in total. The summed E-state index contributed by atoms with van der Waals surface area (Å²) in [4.78, 5) is 23.9. The van der Waals surface area contributed by atoms with E-state index in [9.17, 15) is 18.0 Å². The minimum Gasteiger partial charge on any atom is -0.272 e. The number of nitrogens with zero attached hydrogens (tertiary/aromatic N) is 1. The first kappa shape index (κ1) is 17.4. The fourth-order valence-electron chi connectivity index (χ4n) is 2.28. The van der Waals surface area contributed by atoms with Gasteiger partial charge in [-0.05, 0) is 18.1 Å². The molecule has 7 heteroatoms. The van der Waals surface area contributed by atoms with Crippen molar-refractivity contribution in [1.82, 2.24) is 5.06 Å². The van der Waals surface area contributed by atoms with Crippen LogP contribution in [0.25, 0.3) is 6.08 Å². The van der Waals surface area contributed by atoms with Crippen LogP contribution in [-0.4, -0.2) is 25.3 Å². The molecule has 1 aliphatic heterocycles. The van der Waals surface area contributed by atoms with Crippen LogP contribution in [0.4, 0.5) is 0 Å². The van der Waals surface area contributed by atoms with Crippen LogP contribution in [0.1, 0.15) is 38.2 Å². The van der Waals surface area contributed by atoms with Crippen LogP contribution in [0.15, 0.2) is 35.7 Å². The van der Waals surface area contributed by atoms with Crippen LogP contribution in [0.3, 0.4) is 0 Å². The minimum absolute atomic E-state index is 0.00322. The Bertz CT molecular complexity index is 696. The predicted octanol–water partition coefficient (Wildman–Crippen LogP) is 2.48. The molecule has 1 aliphatic rings. The molecule has 1 atom stereocenters. The maximum Gasteiger partial charge on any atom is 0.311 e. The Morgan fingerprint density at radius 1 is 1.26 bits per heavy atom. The van der Waals surface area contributed by atoms with Gasteiger partial charge in [-0.2, -0.15) is 8.42 Å². The van der Waals surface area contributed by atoms with Crippen LogP contribution in [0, 0.1) is 5.92 Å². The van der Waals surface area contributed by atoms with Crippen molar-refractivity contribution < 1.29 is 22.3 Å². The van der Waals surface area contributed by atoms with E-state index in [1.54, 1.807) is 30.3 Å². The van der Waals surface area contributed by atoms with Gasteiger partial charge in [-0.3, -0.25) is 9.59 Å². The molecule has 124 valence electrons. The monoisotopic (exact) mass is 337 g/mol. The fourth-order valence-corrected chi connectivity index (χ4v) is 3.02. The highest BCUT2D eigenvalue weighted by Crippen LogP contribution is 2.25. The zero-order valence-electron chi connectivity index (χ0n) is 12.8. The van der Waals surface area contributed by atoms with Gasteiger partial charge in [0.15, 0.2) is 0 Å². The summed E-state index contributed by atoms with van der Waals surface area (Å²) in [6, 6.07) is 8.77. The third-order valence-electron chi connectivity index (χ3n) is 3.51. The van der Waals surface area contributed by atoms with E-state index in [0.717, 1.165) is 18.2 Å². The molecule has 1 fully saturated rings. The first-order valence-corrected chi connectivity index (χ1v) is 8.94. The number of carbonyl (C=O) groups is 2. The Hall–Kier alpha value is -1.99. The van der Waals surface area contributed by atoms with E-state index in [1.165, 1.54) is 6.08 Å². The molecule has 2 rings (SSSR count). The largest absolute Gasteiger partial charge is 0.311 e. The highest BCUT2D eigenvalue weighted by atomic mass is 32.2. The van der Waals surface area contributed by atoms with Crippen LogP contribution < -0.4 is 0 Å². The van der Waals surface area contributed by atoms with E-state index in [2.05, 4.69) is 4.28 Å². The smallest absolute Gasteiger partial charge is 0.272 e. The average Bonchev–Trinajstić information content (AvgIpc) is 2.79. The summed E-state index contributed by atoms with van der Waals surface area (Å²) < 4.78 is 28.5. The van der Waals surface area contributed by atoms with Gasteiger partial charge in [0.05, 0.1) is 5.41 Å². The molecule has 0 radical (unpaired) electrons. The Kier molecular flexibility index (Phi) is 5.68. The molecule has 2 amide bonds. The van der Waals surface area contributed by atoms with Crippen molar-refractivity contribution in [3.8, 4) is 0 Å². The number of benzene rings is 1. The predicted molar refractivity (Wildman–Crippen MR) is 85.0 cm³/mol. The number of hydrogen-bond donors (Lipinski definition) is 0. The number of unbranched alkanes of at least 4 members (excludes halogenated alkanes) is 1. The first-order chi connectivity index (χ1) is 10.9. The van der Waals surface area contributed by atoms with Crippen LogP contribution in [0.5, 0.6) is 0 Å². The molecule has 23 heavy (non-hydrogen) atoms. The van der Waals surface area contributed by atoms with Gasteiger partial charge in [0.1, 0.15) is 0 Å². The van der Waals surface area contributed by atoms with Gasteiger partial charge in [0, 0.05) is 12.3 Å². The summed E-state index contributed by atoms with van der Waals surface area (Å²) in [7, 11) is -4.17. The molecule has 0 aliphatic carbocycles. The van der Waals surface area contributed by atoms with E-state index in [1.807, 2.05) is 6.92 Å². The Morgan fingerprint density at radius 2 is 1.96 bits per heavy atom. The lowest BCUT2D eigenvalue weighted by Gasteiger charge is -2.12. The van der Waals surface area contributed by atoms with Gasteiger partial charge < -0.3 is 0 Å². The molecule has 1 unspecified atom stereocenters. The SMILES string of the molecule is CCCCC1CC(=O)N(OS(=O)(=O)/C=C/c2ccccc2)C1=O. The molecular formula is C16H19NO5S. The molecule has 0 bridgehead atoms. The number of hydrogen-bond acceptors (Lipinski definition) is 5. The Morgan fingerprint density at radius 3 is 2.61 bits per heavy atom. The summed E-state index contributed by atoms with van der Waals surface area (Å²) in [5.74, 6) is -1.69. The normalized spacial score (nSPS) is 19.0. The number of hydroxylamine groups is 2. The van der Waals surface area contributed by atoms with Gasteiger partial charge in [0.25, 0.3) is 11.8 Å². The van der Waals surface area contributed by atoms with Gasteiger partial charge in [-0.25, -0.2) is 0 Å². The number of carbonyl (C=O) groups excluding carboxylic acids is 2. The average molecular weight is 337 g/mol. The molecule has 0 aromatic heterocycles. The van der Waals surface area contributed by atoms with Crippen molar-refractivity contribution in [2.24, 2.45) is 5.92 Å². The van der Waals surface area contributed by atoms with Gasteiger partial charge in [-0.1, -0.05) is 50.1 Å². The van der Waals surface area contributed by atoms with Crippen LogP contribution in [-0.2, 0) is 24.0 Å². The molecule has 0 spiro atoms. The maximum absolute atomic E-state index is 12.1. The van der Waals surface area contributed by atoms with Crippen molar-refractivity contribution in [2.75, 3.05) is 0 Å². The van der Waals surface area contributed by atoms with Gasteiger partial charge in [0.2, 0.25) is 0 Å². The van der Waals surface area contributed by atoms with Crippen molar-refractivity contribution in [3.05, 3.63) is 41.3 Å².